The molecule has 0 radical (unpaired) electrons. The zero-order valence-electron chi connectivity index (χ0n) is 9.91. The van der Waals surface area contributed by atoms with Crippen LogP contribution in [-0.4, -0.2) is 37.9 Å². The topological polar surface area (TPSA) is 47.6 Å². The Hall–Kier alpha value is -0.610. The van der Waals surface area contributed by atoms with Crippen LogP contribution in [0, 0.1) is 5.92 Å². The predicted octanol–water partition coefficient (Wildman–Crippen LogP) is 1.10. The second-order valence-corrected chi connectivity index (χ2v) is 4.69. The molecule has 1 saturated heterocycles. The minimum atomic E-state index is -0.104. The van der Waals surface area contributed by atoms with Crippen LogP contribution in [0.4, 0.5) is 0 Å². The number of nitrogens with one attached hydrogen (secondary N) is 1. The molecule has 1 heterocycles. The van der Waals surface area contributed by atoms with Crippen LogP contribution in [-0.2, 0) is 14.3 Å². The maximum atomic E-state index is 11.9. The molecule has 16 heavy (non-hydrogen) atoms. The first-order valence-corrected chi connectivity index (χ1v) is 6.33. The molecule has 0 aromatic carbocycles. The first kappa shape index (κ1) is 11.9. The van der Waals surface area contributed by atoms with E-state index in [-0.39, 0.29) is 24.0 Å². The second kappa shape index (κ2) is 5.64. The van der Waals surface area contributed by atoms with Crippen LogP contribution in [0.15, 0.2) is 0 Å². The molecule has 1 aliphatic heterocycles. The monoisotopic (exact) mass is 227 g/mol. The molecule has 2 fully saturated rings. The van der Waals surface area contributed by atoms with Gasteiger partial charge in [-0.2, -0.15) is 0 Å². The Labute approximate surface area is 96.7 Å². The van der Waals surface area contributed by atoms with Crippen LogP contribution in [0.3, 0.4) is 0 Å². The van der Waals surface area contributed by atoms with Crippen molar-refractivity contribution in [2.75, 3.05) is 19.8 Å². The van der Waals surface area contributed by atoms with Gasteiger partial charge in [0.15, 0.2) is 0 Å². The summed E-state index contributed by atoms with van der Waals surface area (Å²) in [5.41, 5.74) is 0. The summed E-state index contributed by atoms with van der Waals surface area (Å²) in [7, 11) is 0. The first-order chi connectivity index (χ1) is 7.81. The molecule has 0 bridgehead atoms. The standard InChI is InChI=1S/C12H21NO3/c1-2-6-13-11-8-15-7-10(11)12(14)16-9-4-3-5-9/h9-11,13H,2-8H2,1H3. The Morgan fingerprint density at radius 2 is 2.25 bits per heavy atom. The van der Waals surface area contributed by atoms with Crippen LogP contribution < -0.4 is 5.32 Å². The number of hydrogen-bond donors (Lipinski definition) is 1. The summed E-state index contributed by atoms with van der Waals surface area (Å²) in [6.45, 7) is 4.18. The molecular formula is C12H21NO3. The lowest BCUT2D eigenvalue weighted by Crippen LogP contribution is -2.41. The minimum absolute atomic E-state index is 0.0733. The van der Waals surface area contributed by atoms with Gasteiger partial charge in [-0.3, -0.25) is 4.79 Å². The van der Waals surface area contributed by atoms with Crippen molar-refractivity contribution < 1.29 is 14.3 Å². The van der Waals surface area contributed by atoms with E-state index in [1.165, 1.54) is 6.42 Å². The van der Waals surface area contributed by atoms with Crippen molar-refractivity contribution in [3.8, 4) is 0 Å². The lowest BCUT2D eigenvalue weighted by molar-refractivity contribution is -0.158. The van der Waals surface area contributed by atoms with Crippen LogP contribution in [0.25, 0.3) is 0 Å². The van der Waals surface area contributed by atoms with Crippen molar-refractivity contribution >= 4 is 5.97 Å². The van der Waals surface area contributed by atoms with E-state index in [4.69, 9.17) is 9.47 Å². The highest BCUT2D eigenvalue weighted by molar-refractivity contribution is 5.74. The quantitative estimate of drug-likeness (QED) is 0.714. The van der Waals surface area contributed by atoms with E-state index in [0.717, 1.165) is 25.8 Å². The third kappa shape index (κ3) is 2.74. The fourth-order valence-corrected chi connectivity index (χ4v) is 2.06. The third-order valence-electron chi connectivity index (χ3n) is 3.37. The third-order valence-corrected chi connectivity index (χ3v) is 3.37. The summed E-state index contributed by atoms with van der Waals surface area (Å²) in [5, 5.41) is 3.35. The molecule has 0 aromatic heterocycles. The van der Waals surface area contributed by atoms with Crippen molar-refractivity contribution in [3.05, 3.63) is 0 Å². The van der Waals surface area contributed by atoms with Gasteiger partial charge in [-0.1, -0.05) is 6.92 Å². The SMILES string of the molecule is CCCNC1COCC1C(=O)OC1CCC1. The van der Waals surface area contributed by atoms with Gasteiger partial charge in [0.1, 0.15) is 6.10 Å². The number of ether oxygens (including phenoxy) is 2. The van der Waals surface area contributed by atoms with Gasteiger partial charge in [-0.15, -0.1) is 0 Å². The van der Waals surface area contributed by atoms with E-state index in [1.807, 2.05) is 0 Å². The van der Waals surface area contributed by atoms with Gasteiger partial charge in [0.2, 0.25) is 0 Å². The Balaban J connectivity index is 1.78. The summed E-state index contributed by atoms with van der Waals surface area (Å²) in [6.07, 6.45) is 4.51. The smallest absolute Gasteiger partial charge is 0.313 e. The molecule has 2 rings (SSSR count). The molecule has 2 atom stereocenters. The fourth-order valence-electron chi connectivity index (χ4n) is 2.06. The van der Waals surface area contributed by atoms with Crippen molar-refractivity contribution in [1.82, 2.24) is 5.32 Å². The van der Waals surface area contributed by atoms with Crippen LogP contribution in [0.2, 0.25) is 0 Å². The molecular weight excluding hydrogens is 206 g/mol. The average molecular weight is 227 g/mol. The van der Waals surface area contributed by atoms with Crippen LogP contribution in [0.1, 0.15) is 32.6 Å². The molecule has 1 saturated carbocycles. The zero-order valence-corrected chi connectivity index (χ0v) is 9.91. The highest BCUT2D eigenvalue weighted by atomic mass is 16.6. The molecule has 4 heteroatoms. The summed E-state index contributed by atoms with van der Waals surface area (Å²) in [4.78, 5) is 11.9. The van der Waals surface area contributed by atoms with E-state index in [2.05, 4.69) is 12.2 Å². The van der Waals surface area contributed by atoms with Gasteiger partial charge in [0.25, 0.3) is 0 Å². The van der Waals surface area contributed by atoms with Gasteiger partial charge in [0.05, 0.1) is 19.1 Å². The molecule has 0 aromatic rings. The largest absolute Gasteiger partial charge is 0.462 e. The second-order valence-electron chi connectivity index (χ2n) is 4.69. The van der Waals surface area contributed by atoms with E-state index < -0.39 is 0 Å². The summed E-state index contributed by atoms with van der Waals surface area (Å²) >= 11 is 0. The molecule has 1 aliphatic carbocycles. The molecule has 0 spiro atoms. The van der Waals surface area contributed by atoms with Gasteiger partial charge in [-0.25, -0.2) is 0 Å². The van der Waals surface area contributed by atoms with E-state index in [1.54, 1.807) is 0 Å². The molecule has 1 N–H and O–H groups in total. The lowest BCUT2D eigenvalue weighted by Gasteiger charge is -2.27. The zero-order chi connectivity index (χ0) is 11.4. The number of carbonyl (C=O) groups excluding carboxylic acids is 1. The van der Waals surface area contributed by atoms with Crippen molar-refractivity contribution in [2.45, 2.75) is 44.8 Å². The summed E-state index contributed by atoms with van der Waals surface area (Å²) in [5.74, 6) is -0.178. The average Bonchev–Trinajstić information content (AvgIpc) is 2.68. The number of esters is 1. The highest BCUT2D eigenvalue weighted by Gasteiger charge is 2.36. The minimum Gasteiger partial charge on any atom is -0.462 e. The van der Waals surface area contributed by atoms with Crippen LogP contribution >= 0.6 is 0 Å². The number of rotatable bonds is 5. The predicted molar refractivity (Wildman–Crippen MR) is 60.1 cm³/mol. The lowest BCUT2D eigenvalue weighted by atomic mass is 9.95. The molecule has 2 aliphatic rings. The highest BCUT2D eigenvalue weighted by Crippen LogP contribution is 2.25. The molecule has 0 amide bonds. The fraction of sp³-hybridized carbons (Fsp3) is 0.917. The Kier molecular flexibility index (Phi) is 4.18. The van der Waals surface area contributed by atoms with Gasteiger partial charge in [0, 0.05) is 6.04 Å². The van der Waals surface area contributed by atoms with E-state index in [9.17, 15) is 4.79 Å². The molecule has 2 unspecified atom stereocenters. The number of carbonyl (C=O) groups is 1. The first-order valence-electron chi connectivity index (χ1n) is 6.33. The molecule has 92 valence electrons. The van der Waals surface area contributed by atoms with Crippen molar-refractivity contribution in [3.63, 3.8) is 0 Å². The summed E-state index contributed by atoms with van der Waals surface area (Å²) < 4.78 is 10.8. The van der Waals surface area contributed by atoms with E-state index >= 15 is 0 Å². The summed E-state index contributed by atoms with van der Waals surface area (Å²) in [6, 6.07) is 0.146. The number of hydrogen-bond acceptors (Lipinski definition) is 4. The van der Waals surface area contributed by atoms with Gasteiger partial charge >= 0.3 is 5.97 Å². The van der Waals surface area contributed by atoms with Crippen LogP contribution in [0.5, 0.6) is 0 Å². The van der Waals surface area contributed by atoms with Crippen molar-refractivity contribution in [1.29, 1.82) is 0 Å². The maximum absolute atomic E-state index is 11.9. The normalized spacial score (nSPS) is 30.1. The van der Waals surface area contributed by atoms with Gasteiger partial charge < -0.3 is 14.8 Å². The molecule has 4 nitrogen and oxygen atoms in total. The Morgan fingerprint density at radius 1 is 1.44 bits per heavy atom. The van der Waals surface area contributed by atoms with Gasteiger partial charge in [-0.05, 0) is 32.2 Å². The maximum Gasteiger partial charge on any atom is 0.313 e. The van der Waals surface area contributed by atoms with E-state index in [0.29, 0.717) is 13.2 Å². The Morgan fingerprint density at radius 3 is 2.88 bits per heavy atom. The Bertz CT molecular complexity index is 240. The van der Waals surface area contributed by atoms with Crippen molar-refractivity contribution in [2.24, 2.45) is 5.92 Å².